The molecule has 0 spiro atoms. The summed E-state index contributed by atoms with van der Waals surface area (Å²) in [6.07, 6.45) is 1.54. The Labute approximate surface area is 95.0 Å². The van der Waals surface area contributed by atoms with Crippen LogP contribution in [0.1, 0.15) is 16.2 Å². The number of rotatable bonds is 4. The molecule has 1 aliphatic heterocycles. The number of carbonyl (C=O) groups excluding carboxylic acids is 1. The van der Waals surface area contributed by atoms with Crippen molar-refractivity contribution in [2.45, 2.75) is 6.42 Å². The minimum absolute atomic E-state index is 0.383. The molecule has 1 saturated heterocycles. The lowest BCUT2D eigenvalue weighted by molar-refractivity contribution is 0.111. The van der Waals surface area contributed by atoms with Crippen molar-refractivity contribution in [1.82, 2.24) is 15.0 Å². The Morgan fingerprint density at radius 1 is 1.44 bits per heavy atom. The molecule has 1 aromatic heterocycles. The van der Waals surface area contributed by atoms with Gasteiger partial charge in [0.1, 0.15) is 11.5 Å². The van der Waals surface area contributed by atoms with Gasteiger partial charge in [0.2, 0.25) is 0 Å². The van der Waals surface area contributed by atoms with Crippen LogP contribution in [0.5, 0.6) is 0 Å². The lowest BCUT2D eigenvalue weighted by Gasteiger charge is -2.31. The second-order valence-electron chi connectivity index (χ2n) is 4.23. The number of hydrogen-bond donors (Lipinski definition) is 0. The molecule has 16 heavy (non-hydrogen) atoms. The van der Waals surface area contributed by atoms with E-state index in [1.165, 1.54) is 0 Å². The van der Waals surface area contributed by atoms with Crippen LogP contribution in [0.2, 0.25) is 0 Å². The topological polar surface area (TPSA) is 49.6 Å². The average Bonchev–Trinajstić information content (AvgIpc) is 2.76. The molecule has 2 rings (SSSR count). The predicted octanol–water partition coefficient (Wildman–Crippen LogP) is 0.277. The van der Waals surface area contributed by atoms with Crippen LogP contribution >= 0.6 is 0 Å². The molecule has 0 saturated carbocycles. The standard InChI is InChI=1S/C11H17N3O2/c1-13-4-6-14(7-5-13)3-2-11-8-10(9-15)12-16-11/h8-9H,2-7H2,1H3. The molecule has 1 aromatic rings. The number of hydrogen-bond acceptors (Lipinski definition) is 5. The highest BCUT2D eigenvalue weighted by atomic mass is 16.5. The molecular formula is C11H17N3O2. The van der Waals surface area contributed by atoms with Crippen LogP contribution in [0, 0.1) is 0 Å². The molecule has 0 atom stereocenters. The van der Waals surface area contributed by atoms with Crippen LogP contribution in [0.3, 0.4) is 0 Å². The molecule has 88 valence electrons. The lowest BCUT2D eigenvalue weighted by Crippen LogP contribution is -2.45. The first-order valence-electron chi connectivity index (χ1n) is 5.59. The number of aldehydes is 1. The van der Waals surface area contributed by atoms with Crippen LogP contribution in [0.4, 0.5) is 0 Å². The van der Waals surface area contributed by atoms with Crippen molar-refractivity contribution >= 4 is 6.29 Å². The number of piperazine rings is 1. The van der Waals surface area contributed by atoms with Gasteiger partial charge >= 0.3 is 0 Å². The van der Waals surface area contributed by atoms with Crippen molar-refractivity contribution in [3.05, 3.63) is 17.5 Å². The number of aromatic nitrogens is 1. The van der Waals surface area contributed by atoms with E-state index in [0.29, 0.717) is 12.0 Å². The third kappa shape index (κ3) is 2.90. The van der Waals surface area contributed by atoms with E-state index >= 15 is 0 Å². The zero-order valence-corrected chi connectivity index (χ0v) is 9.56. The SMILES string of the molecule is CN1CCN(CCc2cc(C=O)no2)CC1. The van der Waals surface area contributed by atoms with Crippen molar-refractivity contribution in [2.75, 3.05) is 39.8 Å². The van der Waals surface area contributed by atoms with Gasteiger partial charge in [-0.2, -0.15) is 0 Å². The summed E-state index contributed by atoms with van der Waals surface area (Å²) in [4.78, 5) is 15.2. The third-order valence-electron chi connectivity index (χ3n) is 2.97. The smallest absolute Gasteiger partial charge is 0.171 e. The first-order valence-corrected chi connectivity index (χ1v) is 5.59. The Balaban J connectivity index is 1.76. The van der Waals surface area contributed by atoms with E-state index in [1.807, 2.05) is 0 Å². The molecule has 0 N–H and O–H groups in total. The van der Waals surface area contributed by atoms with Gasteiger partial charge in [-0.05, 0) is 7.05 Å². The average molecular weight is 223 g/mol. The summed E-state index contributed by atoms with van der Waals surface area (Å²) in [5, 5.41) is 3.64. The molecule has 2 heterocycles. The molecule has 0 amide bonds. The summed E-state index contributed by atoms with van der Waals surface area (Å²) in [5.74, 6) is 0.793. The molecular weight excluding hydrogens is 206 g/mol. The van der Waals surface area contributed by atoms with Crippen molar-refractivity contribution < 1.29 is 9.32 Å². The zero-order valence-electron chi connectivity index (χ0n) is 9.56. The van der Waals surface area contributed by atoms with E-state index < -0.39 is 0 Å². The van der Waals surface area contributed by atoms with Gasteiger partial charge in [-0.1, -0.05) is 5.16 Å². The molecule has 1 aliphatic rings. The van der Waals surface area contributed by atoms with Crippen molar-refractivity contribution in [1.29, 1.82) is 0 Å². The fourth-order valence-electron chi connectivity index (χ4n) is 1.84. The maximum atomic E-state index is 10.4. The number of carbonyl (C=O) groups is 1. The van der Waals surface area contributed by atoms with Gasteiger partial charge in [0.25, 0.3) is 0 Å². The van der Waals surface area contributed by atoms with Gasteiger partial charge in [-0.3, -0.25) is 4.79 Å². The maximum absolute atomic E-state index is 10.4. The Bertz CT molecular complexity index is 343. The summed E-state index contributed by atoms with van der Waals surface area (Å²) in [6, 6.07) is 1.71. The molecule has 5 heteroatoms. The molecule has 0 bridgehead atoms. The van der Waals surface area contributed by atoms with Crippen LogP contribution in [-0.4, -0.2) is 61.0 Å². The summed E-state index contributed by atoms with van der Waals surface area (Å²) >= 11 is 0. The van der Waals surface area contributed by atoms with Gasteiger partial charge in [0.15, 0.2) is 6.29 Å². The Morgan fingerprint density at radius 2 is 2.19 bits per heavy atom. The van der Waals surface area contributed by atoms with Crippen LogP contribution in [0.15, 0.2) is 10.6 Å². The molecule has 0 aromatic carbocycles. The van der Waals surface area contributed by atoms with E-state index in [0.717, 1.165) is 44.9 Å². The molecule has 0 aliphatic carbocycles. The highest BCUT2D eigenvalue weighted by molar-refractivity contribution is 5.71. The molecule has 1 fully saturated rings. The normalized spacial score (nSPS) is 18.8. The third-order valence-corrected chi connectivity index (χ3v) is 2.97. The first-order chi connectivity index (χ1) is 7.78. The van der Waals surface area contributed by atoms with Gasteiger partial charge in [-0.15, -0.1) is 0 Å². The van der Waals surface area contributed by atoms with Gasteiger partial charge < -0.3 is 14.3 Å². The van der Waals surface area contributed by atoms with Crippen molar-refractivity contribution in [3.8, 4) is 0 Å². The highest BCUT2D eigenvalue weighted by Crippen LogP contribution is 2.05. The summed E-state index contributed by atoms with van der Waals surface area (Å²) in [6.45, 7) is 5.42. The van der Waals surface area contributed by atoms with Crippen LogP contribution in [0.25, 0.3) is 0 Å². The highest BCUT2D eigenvalue weighted by Gasteiger charge is 2.14. The molecule has 5 nitrogen and oxygen atoms in total. The van der Waals surface area contributed by atoms with E-state index in [1.54, 1.807) is 6.07 Å². The summed E-state index contributed by atoms with van der Waals surface area (Å²) < 4.78 is 5.05. The van der Waals surface area contributed by atoms with E-state index in [-0.39, 0.29) is 0 Å². The fourth-order valence-corrected chi connectivity index (χ4v) is 1.84. The van der Waals surface area contributed by atoms with Gasteiger partial charge in [0, 0.05) is 45.2 Å². The fraction of sp³-hybridized carbons (Fsp3) is 0.636. The number of likely N-dealkylation sites (N-methyl/N-ethyl adjacent to an activating group) is 1. The molecule has 0 radical (unpaired) electrons. The van der Waals surface area contributed by atoms with Crippen LogP contribution < -0.4 is 0 Å². The van der Waals surface area contributed by atoms with E-state index in [2.05, 4.69) is 22.0 Å². The Kier molecular flexibility index (Phi) is 3.69. The monoisotopic (exact) mass is 223 g/mol. The lowest BCUT2D eigenvalue weighted by atomic mass is 10.2. The minimum atomic E-state index is 0.383. The van der Waals surface area contributed by atoms with Crippen molar-refractivity contribution in [3.63, 3.8) is 0 Å². The maximum Gasteiger partial charge on any atom is 0.171 e. The second-order valence-corrected chi connectivity index (χ2v) is 4.23. The van der Waals surface area contributed by atoms with Gasteiger partial charge in [0.05, 0.1) is 0 Å². The Hall–Kier alpha value is -1.20. The zero-order chi connectivity index (χ0) is 11.4. The largest absolute Gasteiger partial charge is 0.361 e. The summed E-state index contributed by atoms with van der Waals surface area (Å²) in [5.41, 5.74) is 0.383. The second kappa shape index (κ2) is 5.23. The Morgan fingerprint density at radius 3 is 2.81 bits per heavy atom. The van der Waals surface area contributed by atoms with Gasteiger partial charge in [-0.25, -0.2) is 0 Å². The molecule has 0 unspecified atom stereocenters. The summed E-state index contributed by atoms with van der Waals surface area (Å²) in [7, 11) is 2.14. The minimum Gasteiger partial charge on any atom is -0.361 e. The quantitative estimate of drug-likeness (QED) is 0.686. The first kappa shape index (κ1) is 11.3. The van der Waals surface area contributed by atoms with Crippen LogP contribution in [-0.2, 0) is 6.42 Å². The predicted molar refractivity (Wildman–Crippen MR) is 59.5 cm³/mol. The van der Waals surface area contributed by atoms with E-state index in [4.69, 9.17) is 4.52 Å². The number of nitrogens with zero attached hydrogens (tertiary/aromatic N) is 3. The van der Waals surface area contributed by atoms with Crippen molar-refractivity contribution in [2.24, 2.45) is 0 Å². The van der Waals surface area contributed by atoms with E-state index in [9.17, 15) is 4.79 Å².